The molecule has 1 saturated heterocycles. The number of carbonyl (C=O) groups excluding carboxylic acids is 2. The Balaban J connectivity index is 2.92. The van der Waals surface area contributed by atoms with E-state index in [4.69, 9.17) is 4.74 Å². The lowest BCUT2D eigenvalue weighted by Crippen LogP contribution is -2.73. The molecule has 102 valence electrons. The van der Waals surface area contributed by atoms with Gasteiger partial charge in [-0.3, -0.25) is 4.79 Å². The Bertz CT molecular complexity index is 400. The van der Waals surface area contributed by atoms with Crippen molar-refractivity contribution in [1.29, 1.82) is 0 Å². The zero-order valence-electron chi connectivity index (χ0n) is 11.8. The van der Waals surface area contributed by atoms with Crippen molar-refractivity contribution >= 4 is 12.0 Å². The minimum Gasteiger partial charge on any atom is -0.443 e. The van der Waals surface area contributed by atoms with E-state index in [1.165, 1.54) is 6.92 Å². The number of rotatable bonds is 1. The summed E-state index contributed by atoms with van der Waals surface area (Å²) >= 11 is 0. The number of allylic oxidation sites excluding steroid dienone is 1. The van der Waals surface area contributed by atoms with Crippen molar-refractivity contribution in [2.45, 2.75) is 58.8 Å². The van der Waals surface area contributed by atoms with E-state index in [0.717, 1.165) is 10.5 Å². The molecular formula is C13H21NO4. The van der Waals surface area contributed by atoms with Crippen LogP contribution in [0.2, 0.25) is 0 Å². The van der Waals surface area contributed by atoms with Crippen LogP contribution >= 0.6 is 0 Å². The number of imide groups is 1. The highest BCUT2D eigenvalue weighted by atomic mass is 16.6. The Kier molecular flexibility index (Phi) is 3.58. The van der Waals surface area contributed by atoms with Crippen molar-refractivity contribution in [2.75, 3.05) is 0 Å². The van der Waals surface area contributed by atoms with Gasteiger partial charge in [-0.2, -0.15) is 0 Å². The summed E-state index contributed by atoms with van der Waals surface area (Å²) in [5.41, 5.74) is -1.29. The molecule has 5 heteroatoms. The second kappa shape index (κ2) is 4.39. The number of hydrogen-bond acceptors (Lipinski definition) is 4. The lowest BCUT2D eigenvalue weighted by molar-refractivity contribution is -0.178. The first-order valence-electron chi connectivity index (χ1n) is 5.91. The van der Waals surface area contributed by atoms with Gasteiger partial charge in [-0.05, 0) is 41.5 Å². The molecule has 1 rings (SSSR count). The molecule has 5 nitrogen and oxygen atoms in total. The molecule has 0 spiro atoms. The predicted octanol–water partition coefficient (Wildman–Crippen LogP) is 1.85. The summed E-state index contributed by atoms with van der Waals surface area (Å²) < 4.78 is 5.14. The van der Waals surface area contributed by atoms with Crippen molar-refractivity contribution in [3.63, 3.8) is 0 Å². The lowest BCUT2D eigenvalue weighted by atomic mass is 9.83. The standard InChI is InChI=1S/C13H21NO4/c1-8(2)7-9-13(6,17)10(15)14(9)11(16)18-12(3,4)5/h7,9,17H,1-6H3/t9-,13+/m0/s1. The summed E-state index contributed by atoms with van der Waals surface area (Å²) in [6.45, 7) is 10.3. The zero-order valence-corrected chi connectivity index (χ0v) is 11.8. The van der Waals surface area contributed by atoms with Crippen LogP contribution in [0.4, 0.5) is 4.79 Å². The highest BCUT2D eigenvalue weighted by Gasteiger charge is 2.59. The number of β-lactam (4-membered cyclic amide) rings is 1. The zero-order chi connectivity index (χ0) is 14.3. The van der Waals surface area contributed by atoms with E-state index in [0.29, 0.717) is 0 Å². The summed E-state index contributed by atoms with van der Waals surface area (Å²) in [4.78, 5) is 24.6. The maximum Gasteiger partial charge on any atom is 0.417 e. The lowest BCUT2D eigenvalue weighted by Gasteiger charge is -2.48. The fourth-order valence-electron chi connectivity index (χ4n) is 1.74. The molecule has 18 heavy (non-hydrogen) atoms. The first-order chi connectivity index (χ1) is 7.97. The van der Waals surface area contributed by atoms with Crippen molar-refractivity contribution in [1.82, 2.24) is 4.90 Å². The Morgan fingerprint density at radius 1 is 1.44 bits per heavy atom. The molecule has 0 aliphatic carbocycles. The summed E-state index contributed by atoms with van der Waals surface area (Å²) in [5.74, 6) is -0.626. The summed E-state index contributed by atoms with van der Waals surface area (Å²) in [6.07, 6.45) is 0.965. The van der Waals surface area contributed by atoms with Crippen LogP contribution in [0.3, 0.4) is 0 Å². The van der Waals surface area contributed by atoms with Crippen LogP contribution in [0.1, 0.15) is 41.5 Å². The SMILES string of the molecule is CC(C)=C[C@@H]1N(C(=O)OC(C)(C)C)C(=O)[C@]1(C)O. The monoisotopic (exact) mass is 255 g/mol. The highest BCUT2D eigenvalue weighted by molar-refractivity contribution is 6.04. The fourth-order valence-corrected chi connectivity index (χ4v) is 1.74. The molecule has 0 aromatic heterocycles. The number of likely N-dealkylation sites (tertiary alicyclic amines) is 1. The molecule has 0 aromatic carbocycles. The van der Waals surface area contributed by atoms with Crippen LogP contribution in [0.25, 0.3) is 0 Å². The number of hydrogen-bond donors (Lipinski definition) is 1. The minimum absolute atomic E-state index is 0.626. The third-order valence-electron chi connectivity index (χ3n) is 2.59. The van der Waals surface area contributed by atoms with Gasteiger partial charge in [0, 0.05) is 0 Å². The van der Waals surface area contributed by atoms with Gasteiger partial charge in [-0.15, -0.1) is 0 Å². The van der Waals surface area contributed by atoms with Gasteiger partial charge in [0.15, 0.2) is 5.60 Å². The summed E-state index contributed by atoms with van der Waals surface area (Å²) in [5, 5.41) is 9.96. The van der Waals surface area contributed by atoms with Crippen molar-refractivity contribution in [3.8, 4) is 0 Å². The van der Waals surface area contributed by atoms with Crippen LogP contribution in [-0.4, -0.2) is 39.3 Å². The number of amides is 2. The number of carbonyl (C=O) groups is 2. The molecule has 0 unspecified atom stereocenters. The molecule has 1 aliphatic heterocycles. The highest BCUT2D eigenvalue weighted by Crippen LogP contribution is 2.33. The molecule has 0 saturated carbocycles. The van der Waals surface area contributed by atoms with Crippen molar-refractivity contribution in [3.05, 3.63) is 11.6 Å². The second-order valence-electron chi connectivity index (χ2n) is 5.99. The maximum atomic E-state index is 11.9. The molecule has 2 atom stereocenters. The summed E-state index contributed by atoms with van der Waals surface area (Å²) in [7, 11) is 0. The third kappa shape index (κ3) is 2.72. The number of aliphatic hydroxyl groups is 1. The van der Waals surface area contributed by atoms with Gasteiger partial charge < -0.3 is 9.84 Å². The molecule has 0 bridgehead atoms. The van der Waals surface area contributed by atoms with E-state index < -0.39 is 29.2 Å². The van der Waals surface area contributed by atoms with Gasteiger partial charge in [-0.25, -0.2) is 9.69 Å². The average Bonchev–Trinajstić information content (AvgIpc) is 2.13. The molecule has 1 N–H and O–H groups in total. The van der Waals surface area contributed by atoms with Crippen molar-refractivity contribution < 1.29 is 19.4 Å². The van der Waals surface area contributed by atoms with Crippen molar-refractivity contribution in [2.24, 2.45) is 0 Å². The Morgan fingerprint density at radius 3 is 2.33 bits per heavy atom. The van der Waals surface area contributed by atoms with E-state index in [2.05, 4.69) is 0 Å². The average molecular weight is 255 g/mol. The molecule has 2 amide bonds. The molecule has 0 radical (unpaired) electrons. The smallest absolute Gasteiger partial charge is 0.417 e. The van der Waals surface area contributed by atoms with Crippen LogP contribution in [0.5, 0.6) is 0 Å². The normalized spacial score (nSPS) is 27.6. The first-order valence-corrected chi connectivity index (χ1v) is 5.91. The minimum atomic E-state index is -1.53. The van der Waals surface area contributed by atoms with Crippen LogP contribution in [-0.2, 0) is 9.53 Å². The van der Waals surface area contributed by atoms with E-state index in [1.54, 1.807) is 26.8 Å². The predicted molar refractivity (Wildman–Crippen MR) is 66.9 cm³/mol. The molecule has 1 aliphatic rings. The molecule has 0 aromatic rings. The van der Waals surface area contributed by atoms with Crippen LogP contribution in [0, 0.1) is 0 Å². The number of nitrogens with zero attached hydrogens (tertiary/aromatic N) is 1. The third-order valence-corrected chi connectivity index (χ3v) is 2.59. The Morgan fingerprint density at radius 2 is 1.94 bits per heavy atom. The molecular weight excluding hydrogens is 234 g/mol. The van der Waals surface area contributed by atoms with Gasteiger partial charge in [-0.1, -0.05) is 11.6 Å². The van der Waals surface area contributed by atoms with E-state index in [1.807, 2.05) is 13.8 Å². The Hall–Kier alpha value is -1.36. The fraction of sp³-hybridized carbons (Fsp3) is 0.692. The van der Waals surface area contributed by atoms with Gasteiger partial charge >= 0.3 is 6.09 Å². The molecule has 1 heterocycles. The summed E-state index contributed by atoms with van der Waals surface area (Å²) in [6, 6.07) is -0.662. The van der Waals surface area contributed by atoms with Gasteiger partial charge in [0.05, 0.1) is 6.04 Å². The van der Waals surface area contributed by atoms with Gasteiger partial charge in [0.1, 0.15) is 5.60 Å². The largest absolute Gasteiger partial charge is 0.443 e. The topological polar surface area (TPSA) is 66.8 Å². The second-order valence-corrected chi connectivity index (χ2v) is 5.99. The van der Waals surface area contributed by atoms with E-state index in [-0.39, 0.29) is 0 Å². The van der Waals surface area contributed by atoms with Crippen LogP contribution < -0.4 is 0 Å². The molecule has 1 fully saturated rings. The maximum absolute atomic E-state index is 11.9. The number of ether oxygens (including phenoxy) is 1. The first kappa shape index (κ1) is 14.7. The quantitative estimate of drug-likeness (QED) is 0.573. The van der Waals surface area contributed by atoms with Gasteiger partial charge in [0.2, 0.25) is 0 Å². The Labute approximate surface area is 107 Å². The van der Waals surface area contributed by atoms with E-state index >= 15 is 0 Å². The van der Waals surface area contributed by atoms with Crippen LogP contribution in [0.15, 0.2) is 11.6 Å². The van der Waals surface area contributed by atoms with Gasteiger partial charge in [0.25, 0.3) is 5.91 Å². The van der Waals surface area contributed by atoms with E-state index in [9.17, 15) is 14.7 Å².